The quantitative estimate of drug-likeness (QED) is 0.817. The summed E-state index contributed by atoms with van der Waals surface area (Å²) in [6.07, 6.45) is 3.43. The zero-order chi connectivity index (χ0) is 13.8. The van der Waals surface area contributed by atoms with Crippen LogP contribution in [0.4, 0.5) is 0 Å². The van der Waals surface area contributed by atoms with Gasteiger partial charge in [0.25, 0.3) is 5.91 Å². The van der Waals surface area contributed by atoms with E-state index >= 15 is 0 Å². The summed E-state index contributed by atoms with van der Waals surface area (Å²) in [5.41, 5.74) is 0.865. The number of likely N-dealkylation sites (tertiary alicyclic amines) is 1. The fraction of sp³-hybridized carbons (Fsp3) is 0.643. The summed E-state index contributed by atoms with van der Waals surface area (Å²) >= 11 is 0. The van der Waals surface area contributed by atoms with Gasteiger partial charge in [-0.2, -0.15) is 0 Å². The Bertz CT molecular complexity index is 415. The molecule has 19 heavy (non-hydrogen) atoms. The summed E-state index contributed by atoms with van der Waals surface area (Å²) < 4.78 is 15.7. The molecule has 0 N–H and O–H groups in total. The fourth-order valence-electron chi connectivity index (χ4n) is 2.71. The van der Waals surface area contributed by atoms with Gasteiger partial charge >= 0.3 is 0 Å². The van der Waals surface area contributed by atoms with Crippen molar-refractivity contribution < 1.29 is 18.7 Å². The maximum Gasteiger partial charge on any atom is 0.290 e. The number of aryl methyl sites for hydroxylation is 1. The molecule has 1 aliphatic heterocycles. The highest BCUT2D eigenvalue weighted by Crippen LogP contribution is 2.27. The van der Waals surface area contributed by atoms with Gasteiger partial charge in [-0.3, -0.25) is 4.79 Å². The Labute approximate surface area is 113 Å². The van der Waals surface area contributed by atoms with Crippen LogP contribution >= 0.6 is 0 Å². The molecule has 0 spiro atoms. The second-order valence-electron chi connectivity index (χ2n) is 4.94. The highest BCUT2D eigenvalue weighted by atomic mass is 16.5. The van der Waals surface area contributed by atoms with Crippen molar-refractivity contribution in [2.24, 2.45) is 0 Å². The second kappa shape index (κ2) is 6.21. The second-order valence-corrected chi connectivity index (χ2v) is 4.94. The Morgan fingerprint density at radius 1 is 1.32 bits per heavy atom. The number of carbonyl (C=O) groups is 1. The van der Waals surface area contributed by atoms with Gasteiger partial charge in [-0.1, -0.05) is 0 Å². The number of carbonyl (C=O) groups excluding carboxylic acids is 1. The zero-order valence-electron chi connectivity index (χ0n) is 11.7. The number of methoxy groups -OCH3 is 2. The molecular weight excluding hydrogens is 246 g/mol. The maximum atomic E-state index is 12.6. The van der Waals surface area contributed by atoms with Gasteiger partial charge in [0.15, 0.2) is 5.76 Å². The first-order valence-corrected chi connectivity index (χ1v) is 6.53. The van der Waals surface area contributed by atoms with E-state index < -0.39 is 0 Å². The molecule has 1 aromatic heterocycles. The molecule has 1 saturated heterocycles. The first kappa shape index (κ1) is 14.1. The van der Waals surface area contributed by atoms with E-state index in [4.69, 9.17) is 13.9 Å². The van der Waals surface area contributed by atoms with Crippen molar-refractivity contribution in [2.45, 2.75) is 31.8 Å². The van der Waals surface area contributed by atoms with Crippen LogP contribution in [-0.4, -0.2) is 50.3 Å². The Hall–Kier alpha value is -1.33. The Morgan fingerprint density at radius 2 is 1.89 bits per heavy atom. The number of nitrogens with zero attached hydrogens (tertiary/aromatic N) is 1. The van der Waals surface area contributed by atoms with Crippen LogP contribution in [0.15, 0.2) is 16.7 Å². The molecule has 0 radical (unpaired) electrons. The lowest BCUT2D eigenvalue weighted by molar-refractivity contribution is 0.0393. The molecule has 0 aromatic carbocycles. The van der Waals surface area contributed by atoms with Crippen LogP contribution in [-0.2, 0) is 9.47 Å². The molecule has 0 aliphatic carbocycles. The van der Waals surface area contributed by atoms with E-state index in [1.165, 1.54) is 0 Å². The molecule has 1 aliphatic rings. The van der Waals surface area contributed by atoms with Crippen molar-refractivity contribution in [2.75, 3.05) is 27.4 Å². The predicted molar refractivity (Wildman–Crippen MR) is 70.2 cm³/mol. The number of furan rings is 1. The molecule has 2 heterocycles. The van der Waals surface area contributed by atoms with Crippen molar-refractivity contribution in [1.29, 1.82) is 0 Å². The molecule has 0 saturated carbocycles. The summed E-state index contributed by atoms with van der Waals surface area (Å²) in [6, 6.07) is 2.00. The SMILES string of the molecule is COC[C@H]1CC[C@H](COC)N1C(=O)c1occc1C. The van der Waals surface area contributed by atoms with Crippen molar-refractivity contribution in [1.82, 2.24) is 4.90 Å². The minimum Gasteiger partial charge on any atom is -0.459 e. The van der Waals surface area contributed by atoms with Crippen molar-refractivity contribution in [3.05, 3.63) is 23.7 Å². The van der Waals surface area contributed by atoms with Crippen LogP contribution in [0.5, 0.6) is 0 Å². The van der Waals surface area contributed by atoms with Crippen LogP contribution < -0.4 is 0 Å². The van der Waals surface area contributed by atoms with Crippen LogP contribution in [0.3, 0.4) is 0 Å². The van der Waals surface area contributed by atoms with E-state index in [2.05, 4.69) is 0 Å². The minimum absolute atomic E-state index is 0.0656. The van der Waals surface area contributed by atoms with Gasteiger partial charge in [-0.15, -0.1) is 0 Å². The van der Waals surface area contributed by atoms with Crippen molar-refractivity contribution in [3.8, 4) is 0 Å². The van der Waals surface area contributed by atoms with Crippen LogP contribution in [0.1, 0.15) is 29.0 Å². The largest absolute Gasteiger partial charge is 0.459 e. The van der Waals surface area contributed by atoms with E-state index in [-0.39, 0.29) is 18.0 Å². The zero-order valence-corrected chi connectivity index (χ0v) is 11.7. The summed E-state index contributed by atoms with van der Waals surface area (Å²) in [6.45, 7) is 2.97. The van der Waals surface area contributed by atoms with Gasteiger partial charge in [0.05, 0.1) is 31.6 Å². The smallest absolute Gasteiger partial charge is 0.290 e. The molecule has 5 nitrogen and oxygen atoms in total. The fourth-order valence-corrected chi connectivity index (χ4v) is 2.71. The van der Waals surface area contributed by atoms with Gasteiger partial charge in [0.2, 0.25) is 0 Å². The first-order chi connectivity index (χ1) is 9.19. The predicted octanol–water partition coefficient (Wildman–Crippen LogP) is 1.85. The molecule has 1 amide bonds. The normalized spacial score (nSPS) is 23.0. The number of rotatable bonds is 5. The molecule has 1 aromatic rings. The first-order valence-electron chi connectivity index (χ1n) is 6.53. The van der Waals surface area contributed by atoms with E-state index in [0.717, 1.165) is 18.4 Å². The Morgan fingerprint density at radius 3 is 2.32 bits per heavy atom. The lowest BCUT2D eigenvalue weighted by atomic mass is 10.2. The average molecular weight is 267 g/mol. The average Bonchev–Trinajstić information content (AvgIpc) is 2.97. The maximum absolute atomic E-state index is 12.6. The number of amides is 1. The van der Waals surface area contributed by atoms with E-state index in [1.54, 1.807) is 26.5 Å². The molecule has 5 heteroatoms. The third kappa shape index (κ3) is 2.82. The molecule has 1 fully saturated rings. The monoisotopic (exact) mass is 267 g/mol. The van der Waals surface area contributed by atoms with Crippen LogP contribution in [0.25, 0.3) is 0 Å². The molecule has 2 rings (SSSR count). The number of ether oxygens (including phenoxy) is 2. The molecule has 2 atom stereocenters. The lowest BCUT2D eigenvalue weighted by Gasteiger charge is -2.29. The van der Waals surface area contributed by atoms with Crippen LogP contribution in [0.2, 0.25) is 0 Å². The van der Waals surface area contributed by atoms with E-state index in [1.807, 2.05) is 11.8 Å². The lowest BCUT2D eigenvalue weighted by Crippen LogP contribution is -2.45. The van der Waals surface area contributed by atoms with E-state index in [0.29, 0.717) is 19.0 Å². The standard InChI is InChI=1S/C14H21NO4/c1-10-6-7-19-13(10)14(16)15-11(8-17-2)4-5-12(15)9-18-3/h6-7,11-12H,4-5,8-9H2,1-3H3/t11-,12-/m1/s1. The highest BCUT2D eigenvalue weighted by Gasteiger charge is 2.38. The third-order valence-electron chi connectivity index (χ3n) is 3.63. The summed E-state index contributed by atoms with van der Waals surface area (Å²) in [5, 5.41) is 0. The molecule has 0 bridgehead atoms. The summed E-state index contributed by atoms with van der Waals surface area (Å²) in [5.74, 6) is 0.355. The third-order valence-corrected chi connectivity index (χ3v) is 3.63. The summed E-state index contributed by atoms with van der Waals surface area (Å²) in [4.78, 5) is 14.5. The highest BCUT2D eigenvalue weighted by molar-refractivity contribution is 5.93. The van der Waals surface area contributed by atoms with E-state index in [9.17, 15) is 4.79 Å². The van der Waals surface area contributed by atoms with Gasteiger partial charge < -0.3 is 18.8 Å². The van der Waals surface area contributed by atoms with Crippen molar-refractivity contribution >= 4 is 5.91 Å². The minimum atomic E-state index is -0.0656. The Balaban J connectivity index is 2.20. The van der Waals surface area contributed by atoms with Crippen LogP contribution in [0, 0.1) is 6.92 Å². The number of hydrogen-bond acceptors (Lipinski definition) is 4. The van der Waals surface area contributed by atoms with Crippen molar-refractivity contribution in [3.63, 3.8) is 0 Å². The molecule has 106 valence electrons. The van der Waals surface area contributed by atoms with Gasteiger partial charge in [-0.05, 0) is 25.8 Å². The summed E-state index contributed by atoms with van der Waals surface area (Å²) in [7, 11) is 3.31. The molecular formula is C14H21NO4. The van der Waals surface area contributed by atoms with Gasteiger partial charge in [0.1, 0.15) is 0 Å². The van der Waals surface area contributed by atoms with Gasteiger partial charge in [-0.25, -0.2) is 0 Å². The molecule has 0 unspecified atom stereocenters. The topological polar surface area (TPSA) is 51.9 Å². The number of hydrogen-bond donors (Lipinski definition) is 0. The Kier molecular flexibility index (Phi) is 4.61. The van der Waals surface area contributed by atoms with Gasteiger partial charge in [0, 0.05) is 19.8 Å².